The van der Waals surface area contributed by atoms with Crippen LogP contribution < -0.4 is 15.5 Å². The predicted octanol–water partition coefficient (Wildman–Crippen LogP) is 3.69. The number of anilines is 2. The summed E-state index contributed by atoms with van der Waals surface area (Å²) in [5, 5.41) is 5.19. The van der Waals surface area contributed by atoms with E-state index in [0.29, 0.717) is 22.7 Å². The lowest BCUT2D eigenvalue weighted by Gasteiger charge is -2.20. The van der Waals surface area contributed by atoms with Gasteiger partial charge in [0.05, 0.1) is 23.3 Å². The second-order valence-corrected chi connectivity index (χ2v) is 6.76. The number of halogens is 1. The van der Waals surface area contributed by atoms with Crippen LogP contribution in [0.3, 0.4) is 0 Å². The number of benzodiazepines with no additional fused rings is 1. The number of furan rings is 1. The summed E-state index contributed by atoms with van der Waals surface area (Å²) in [6.45, 7) is 1.70. The molecule has 0 aliphatic carbocycles. The summed E-state index contributed by atoms with van der Waals surface area (Å²) in [7, 11) is 1.59. The average molecular weight is 406 g/mol. The zero-order chi connectivity index (χ0) is 21.3. The Morgan fingerprint density at radius 1 is 1.10 bits per heavy atom. The number of nitrogens with one attached hydrogen (secondary N) is 2. The molecule has 2 aromatic carbocycles. The molecule has 2 N–H and O–H groups in total. The lowest BCUT2D eigenvalue weighted by molar-refractivity contribution is -0.119. The van der Waals surface area contributed by atoms with Crippen molar-refractivity contribution in [2.45, 2.75) is 13.1 Å². The van der Waals surface area contributed by atoms with E-state index >= 15 is 0 Å². The summed E-state index contributed by atoms with van der Waals surface area (Å²) < 4.78 is 19.7. The Bertz CT molecular complexity index is 1150. The van der Waals surface area contributed by atoms with Crippen LogP contribution in [0.25, 0.3) is 0 Å². The van der Waals surface area contributed by atoms with E-state index in [9.17, 15) is 14.0 Å². The van der Waals surface area contributed by atoms with E-state index in [0.717, 1.165) is 0 Å². The van der Waals surface area contributed by atoms with Crippen LogP contribution in [0.1, 0.15) is 16.9 Å². The molecule has 1 aromatic heterocycles. The number of para-hydroxylation sites is 1. The summed E-state index contributed by atoms with van der Waals surface area (Å²) in [4.78, 5) is 31.4. The van der Waals surface area contributed by atoms with Crippen LogP contribution in [0.2, 0.25) is 0 Å². The largest absolute Gasteiger partial charge is 0.467 e. The molecule has 0 bridgehead atoms. The van der Waals surface area contributed by atoms with Crippen LogP contribution in [-0.4, -0.2) is 30.9 Å². The van der Waals surface area contributed by atoms with Gasteiger partial charge >= 0.3 is 6.03 Å². The van der Waals surface area contributed by atoms with Crippen molar-refractivity contribution >= 4 is 29.0 Å². The van der Waals surface area contributed by atoms with Gasteiger partial charge in [-0.25, -0.2) is 14.2 Å². The van der Waals surface area contributed by atoms with Gasteiger partial charge in [-0.1, -0.05) is 30.3 Å². The number of fused-ring (bicyclic) bond motifs is 1. The lowest BCUT2D eigenvalue weighted by atomic mass is 10.00. The molecule has 3 aromatic rings. The number of hydrogen-bond acceptors (Lipinski definition) is 4. The third kappa shape index (κ3) is 3.55. The smallest absolute Gasteiger partial charge is 0.321 e. The molecular formula is C22H19FN4O3. The normalized spacial score (nSPS) is 15.8. The Morgan fingerprint density at radius 2 is 1.80 bits per heavy atom. The number of benzene rings is 2. The number of carbonyl (C=O) groups is 2. The minimum absolute atomic E-state index is 0.242. The molecular weight excluding hydrogens is 387 g/mol. The molecule has 1 aliphatic rings. The standard InChI is InChI=1S/C22H19FN4O3/c1-13-17(11-12-30-13)24-22(29)26-20-21(28)27(2)18-10-6-4-8-15(18)19(25-20)14-7-3-5-9-16(14)23/h3-12,20H,1-2H3,(H2,24,26,29). The van der Waals surface area contributed by atoms with Gasteiger partial charge in [0.2, 0.25) is 6.17 Å². The number of rotatable bonds is 3. The van der Waals surface area contributed by atoms with Crippen molar-refractivity contribution in [1.82, 2.24) is 5.32 Å². The van der Waals surface area contributed by atoms with Crippen molar-refractivity contribution in [2.24, 2.45) is 4.99 Å². The Balaban J connectivity index is 1.74. The molecule has 4 rings (SSSR count). The number of carbonyl (C=O) groups excluding carboxylic acids is 2. The molecule has 0 saturated carbocycles. The van der Waals surface area contributed by atoms with Crippen LogP contribution in [0.5, 0.6) is 0 Å². The SMILES string of the molecule is Cc1occc1NC(=O)NC1N=C(c2ccccc2F)c2ccccc2N(C)C1=O. The first-order chi connectivity index (χ1) is 14.5. The quantitative estimate of drug-likeness (QED) is 0.696. The number of amides is 3. The van der Waals surface area contributed by atoms with Crippen LogP contribution in [0.4, 0.5) is 20.6 Å². The van der Waals surface area contributed by atoms with E-state index in [4.69, 9.17) is 4.42 Å². The topological polar surface area (TPSA) is 86.9 Å². The number of urea groups is 1. The third-order valence-electron chi connectivity index (χ3n) is 4.85. The second kappa shape index (κ2) is 7.82. The Morgan fingerprint density at radius 3 is 2.50 bits per heavy atom. The molecule has 0 radical (unpaired) electrons. The summed E-state index contributed by atoms with van der Waals surface area (Å²) >= 11 is 0. The third-order valence-corrected chi connectivity index (χ3v) is 4.85. The van der Waals surface area contributed by atoms with Crippen molar-refractivity contribution in [3.63, 3.8) is 0 Å². The van der Waals surface area contributed by atoms with Crippen LogP contribution in [-0.2, 0) is 4.79 Å². The molecule has 1 atom stereocenters. The van der Waals surface area contributed by atoms with Crippen molar-refractivity contribution in [3.05, 3.63) is 83.6 Å². The highest BCUT2D eigenvalue weighted by molar-refractivity contribution is 6.20. The maximum absolute atomic E-state index is 14.6. The van der Waals surface area contributed by atoms with E-state index in [2.05, 4.69) is 15.6 Å². The molecule has 1 aliphatic heterocycles. The summed E-state index contributed by atoms with van der Waals surface area (Å²) in [5.41, 5.74) is 2.16. The number of hydrogen-bond donors (Lipinski definition) is 2. The summed E-state index contributed by atoms with van der Waals surface area (Å²) in [5.74, 6) is -0.398. The highest BCUT2D eigenvalue weighted by Gasteiger charge is 2.31. The zero-order valence-corrected chi connectivity index (χ0v) is 16.3. The maximum Gasteiger partial charge on any atom is 0.321 e. The first-order valence-corrected chi connectivity index (χ1v) is 9.27. The number of nitrogens with zero attached hydrogens (tertiary/aromatic N) is 2. The Labute approximate surface area is 172 Å². The van der Waals surface area contributed by atoms with Crippen molar-refractivity contribution in [1.29, 1.82) is 0 Å². The van der Waals surface area contributed by atoms with Crippen molar-refractivity contribution in [2.75, 3.05) is 17.3 Å². The minimum Gasteiger partial charge on any atom is -0.467 e. The second-order valence-electron chi connectivity index (χ2n) is 6.76. The fourth-order valence-electron chi connectivity index (χ4n) is 3.28. The van der Waals surface area contributed by atoms with E-state index < -0.39 is 23.9 Å². The average Bonchev–Trinajstić information content (AvgIpc) is 3.11. The van der Waals surface area contributed by atoms with Gasteiger partial charge in [0.15, 0.2) is 0 Å². The maximum atomic E-state index is 14.6. The first kappa shape index (κ1) is 19.4. The van der Waals surface area contributed by atoms with E-state index in [-0.39, 0.29) is 11.3 Å². The first-order valence-electron chi connectivity index (χ1n) is 9.27. The van der Waals surface area contributed by atoms with Crippen LogP contribution in [0.15, 0.2) is 70.3 Å². The summed E-state index contributed by atoms with van der Waals surface area (Å²) in [6.07, 6.45) is 0.199. The highest BCUT2D eigenvalue weighted by atomic mass is 19.1. The van der Waals surface area contributed by atoms with Gasteiger partial charge in [0, 0.05) is 24.2 Å². The molecule has 0 saturated heterocycles. The minimum atomic E-state index is -1.25. The predicted molar refractivity (Wildman–Crippen MR) is 111 cm³/mol. The number of aliphatic imine (C=N–C) groups is 1. The van der Waals surface area contributed by atoms with E-state index in [1.807, 2.05) is 0 Å². The van der Waals surface area contributed by atoms with Crippen LogP contribution >= 0.6 is 0 Å². The molecule has 1 unspecified atom stereocenters. The fraction of sp³-hybridized carbons (Fsp3) is 0.136. The fourth-order valence-corrected chi connectivity index (χ4v) is 3.28. The molecule has 2 heterocycles. The molecule has 7 nitrogen and oxygen atoms in total. The molecule has 152 valence electrons. The molecule has 8 heteroatoms. The van der Waals surface area contributed by atoms with Crippen molar-refractivity contribution < 1.29 is 18.4 Å². The van der Waals surface area contributed by atoms with E-state index in [1.54, 1.807) is 62.5 Å². The van der Waals surface area contributed by atoms with E-state index in [1.165, 1.54) is 17.2 Å². The van der Waals surface area contributed by atoms with Gasteiger partial charge in [0.1, 0.15) is 11.6 Å². The lowest BCUT2D eigenvalue weighted by Crippen LogP contribution is -2.47. The van der Waals surface area contributed by atoms with Gasteiger partial charge in [-0.05, 0) is 25.1 Å². The monoisotopic (exact) mass is 406 g/mol. The van der Waals surface area contributed by atoms with Crippen molar-refractivity contribution in [3.8, 4) is 0 Å². The zero-order valence-electron chi connectivity index (χ0n) is 16.3. The van der Waals surface area contributed by atoms with Gasteiger partial charge in [-0.15, -0.1) is 0 Å². The number of likely N-dealkylation sites (N-methyl/N-ethyl adjacent to an activating group) is 1. The number of aryl methyl sites for hydroxylation is 1. The molecule has 3 amide bonds. The molecule has 0 fully saturated rings. The summed E-state index contributed by atoms with van der Waals surface area (Å²) in [6, 6.07) is 14.2. The van der Waals surface area contributed by atoms with Crippen LogP contribution in [0, 0.1) is 12.7 Å². The molecule has 0 spiro atoms. The van der Waals surface area contributed by atoms with Gasteiger partial charge in [0.25, 0.3) is 5.91 Å². The Hall–Kier alpha value is -3.94. The highest BCUT2D eigenvalue weighted by Crippen LogP contribution is 2.28. The molecule has 30 heavy (non-hydrogen) atoms. The van der Waals surface area contributed by atoms with Gasteiger partial charge in [-0.3, -0.25) is 4.79 Å². The Kier molecular flexibility index (Phi) is 5.05. The van der Waals surface area contributed by atoms with Gasteiger partial charge < -0.3 is 20.0 Å². The van der Waals surface area contributed by atoms with Gasteiger partial charge in [-0.2, -0.15) is 0 Å².